The average molecular weight is 300 g/mol. The quantitative estimate of drug-likeness (QED) is 0.868. The van der Waals surface area contributed by atoms with Gasteiger partial charge in [-0.1, -0.05) is 20.8 Å². The first-order valence-electron chi connectivity index (χ1n) is 6.55. The van der Waals surface area contributed by atoms with E-state index in [-0.39, 0.29) is 22.0 Å². The number of nitrogens with zero attached hydrogens (tertiary/aromatic N) is 1. The number of aromatic nitrogens is 1. The van der Waals surface area contributed by atoms with Crippen LogP contribution in [0.15, 0.2) is 17.2 Å². The third-order valence-corrected chi connectivity index (χ3v) is 4.45. The molecule has 0 radical (unpaired) electrons. The van der Waals surface area contributed by atoms with E-state index in [1.54, 1.807) is 4.57 Å². The summed E-state index contributed by atoms with van der Waals surface area (Å²) in [6.07, 6.45) is 3.21. The molecule has 1 aromatic heterocycles. The van der Waals surface area contributed by atoms with Gasteiger partial charge in [-0.2, -0.15) is 0 Å². The van der Waals surface area contributed by atoms with E-state index in [2.05, 4.69) is 4.72 Å². The summed E-state index contributed by atoms with van der Waals surface area (Å²) in [6, 6.07) is 1.35. The molecule has 0 unspecified atom stereocenters. The molecule has 2 N–H and O–H groups in total. The highest BCUT2D eigenvalue weighted by atomic mass is 32.2. The lowest BCUT2D eigenvalue weighted by Crippen LogP contribution is -2.32. The van der Waals surface area contributed by atoms with Gasteiger partial charge in [0.15, 0.2) is 0 Å². The molecule has 1 aromatic rings. The van der Waals surface area contributed by atoms with Crippen molar-refractivity contribution in [2.45, 2.75) is 44.6 Å². The van der Waals surface area contributed by atoms with Crippen molar-refractivity contribution in [2.75, 3.05) is 6.54 Å². The zero-order valence-corrected chi connectivity index (χ0v) is 12.7. The van der Waals surface area contributed by atoms with Gasteiger partial charge in [0.05, 0.1) is 0 Å². The van der Waals surface area contributed by atoms with E-state index in [4.69, 9.17) is 5.11 Å². The summed E-state index contributed by atoms with van der Waals surface area (Å²) < 4.78 is 28.5. The minimum Gasteiger partial charge on any atom is -0.477 e. The van der Waals surface area contributed by atoms with Crippen LogP contribution in [0.2, 0.25) is 0 Å². The van der Waals surface area contributed by atoms with Crippen molar-refractivity contribution < 1.29 is 18.3 Å². The van der Waals surface area contributed by atoms with E-state index in [9.17, 15) is 13.2 Å². The van der Waals surface area contributed by atoms with Crippen molar-refractivity contribution >= 4 is 16.0 Å². The molecule has 0 atom stereocenters. The summed E-state index contributed by atoms with van der Waals surface area (Å²) in [4.78, 5) is 11.2. The van der Waals surface area contributed by atoms with Gasteiger partial charge in [-0.25, -0.2) is 17.9 Å². The van der Waals surface area contributed by atoms with Crippen LogP contribution >= 0.6 is 0 Å². The Kier molecular flexibility index (Phi) is 3.68. The highest BCUT2D eigenvalue weighted by Crippen LogP contribution is 2.37. The molecule has 0 amide bonds. The molecule has 0 saturated heterocycles. The van der Waals surface area contributed by atoms with E-state index in [0.717, 1.165) is 12.8 Å². The van der Waals surface area contributed by atoms with Crippen molar-refractivity contribution in [2.24, 2.45) is 5.41 Å². The molecule has 112 valence electrons. The number of carboxylic acids is 1. The predicted molar refractivity (Wildman–Crippen MR) is 74.3 cm³/mol. The van der Waals surface area contributed by atoms with Gasteiger partial charge in [0.1, 0.15) is 10.6 Å². The molecule has 0 aliphatic heterocycles. The Labute approximate surface area is 118 Å². The maximum atomic E-state index is 12.2. The molecular weight excluding hydrogens is 280 g/mol. The van der Waals surface area contributed by atoms with E-state index >= 15 is 0 Å². The fourth-order valence-electron chi connectivity index (χ4n) is 1.82. The predicted octanol–water partition coefficient (Wildman–Crippen LogP) is 1.85. The second kappa shape index (κ2) is 4.89. The standard InChI is InChI=1S/C13H20N2O4S/c1-13(2,3)8-14-20(18,19)10-6-11(12(16)17)15(7-10)9-4-5-9/h6-7,9,14H,4-5,8H2,1-3H3,(H,16,17). The summed E-state index contributed by atoms with van der Waals surface area (Å²) >= 11 is 0. The van der Waals surface area contributed by atoms with Crippen LogP contribution in [-0.4, -0.2) is 30.6 Å². The van der Waals surface area contributed by atoms with E-state index in [1.807, 2.05) is 20.8 Å². The number of nitrogens with one attached hydrogen (secondary N) is 1. The molecule has 0 bridgehead atoms. The lowest BCUT2D eigenvalue weighted by atomic mass is 9.98. The second-order valence-corrected chi connectivity index (χ2v) is 8.16. The number of hydrogen-bond donors (Lipinski definition) is 2. The van der Waals surface area contributed by atoms with Crippen LogP contribution in [0.25, 0.3) is 0 Å². The summed E-state index contributed by atoms with van der Waals surface area (Å²) in [5, 5.41) is 9.14. The number of rotatable bonds is 5. The molecule has 2 rings (SSSR count). The molecule has 1 aliphatic rings. The van der Waals surface area contributed by atoms with E-state index in [0.29, 0.717) is 6.54 Å². The third-order valence-electron chi connectivity index (χ3n) is 3.09. The topological polar surface area (TPSA) is 88.4 Å². The summed E-state index contributed by atoms with van der Waals surface area (Å²) in [5.41, 5.74) is -0.148. The van der Waals surface area contributed by atoms with E-state index < -0.39 is 16.0 Å². The fraction of sp³-hybridized carbons (Fsp3) is 0.615. The van der Waals surface area contributed by atoms with Crippen molar-refractivity contribution in [3.63, 3.8) is 0 Å². The molecule has 1 aliphatic carbocycles. The highest BCUT2D eigenvalue weighted by Gasteiger charge is 2.30. The highest BCUT2D eigenvalue weighted by molar-refractivity contribution is 7.89. The normalized spacial score (nSPS) is 16.4. The number of hydrogen-bond acceptors (Lipinski definition) is 3. The lowest BCUT2D eigenvalue weighted by Gasteiger charge is -2.18. The summed E-state index contributed by atoms with van der Waals surface area (Å²) in [5.74, 6) is -1.10. The zero-order valence-electron chi connectivity index (χ0n) is 11.9. The molecule has 1 saturated carbocycles. The second-order valence-electron chi connectivity index (χ2n) is 6.39. The van der Waals surface area contributed by atoms with Gasteiger partial charge >= 0.3 is 5.97 Å². The van der Waals surface area contributed by atoms with Crippen LogP contribution in [0.5, 0.6) is 0 Å². The van der Waals surface area contributed by atoms with E-state index in [1.165, 1.54) is 12.3 Å². The Bertz CT molecular complexity index is 621. The summed E-state index contributed by atoms with van der Waals surface area (Å²) in [6.45, 7) is 6.07. The van der Waals surface area contributed by atoms with Crippen molar-refractivity contribution in [1.29, 1.82) is 0 Å². The summed E-state index contributed by atoms with van der Waals surface area (Å²) in [7, 11) is -3.67. The van der Waals surface area contributed by atoms with Crippen LogP contribution in [0.1, 0.15) is 50.1 Å². The van der Waals surface area contributed by atoms with Crippen molar-refractivity contribution in [3.8, 4) is 0 Å². The molecule has 7 heteroatoms. The first-order valence-corrected chi connectivity index (χ1v) is 8.03. The van der Waals surface area contributed by atoms with Gasteiger partial charge < -0.3 is 9.67 Å². The number of aromatic carboxylic acids is 1. The molecule has 0 aromatic carbocycles. The van der Waals surface area contributed by atoms with Crippen LogP contribution in [0.4, 0.5) is 0 Å². The minimum atomic E-state index is -3.67. The number of sulfonamides is 1. The number of carbonyl (C=O) groups is 1. The van der Waals surface area contributed by atoms with Crippen LogP contribution in [0, 0.1) is 5.41 Å². The third kappa shape index (κ3) is 3.40. The SMILES string of the molecule is CC(C)(C)CNS(=O)(=O)c1cc(C(=O)O)n(C2CC2)c1. The maximum Gasteiger partial charge on any atom is 0.352 e. The van der Waals surface area contributed by atoms with Crippen LogP contribution in [0.3, 0.4) is 0 Å². The molecule has 20 heavy (non-hydrogen) atoms. The fourth-order valence-corrected chi connectivity index (χ4v) is 3.13. The first-order chi connectivity index (χ1) is 9.10. The van der Waals surface area contributed by atoms with Crippen molar-refractivity contribution in [3.05, 3.63) is 18.0 Å². The van der Waals surface area contributed by atoms with Gasteiger partial charge in [-0.05, 0) is 24.3 Å². The smallest absolute Gasteiger partial charge is 0.352 e. The molecule has 1 fully saturated rings. The Hall–Kier alpha value is -1.34. The Morgan fingerprint density at radius 2 is 2.05 bits per heavy atom. The largest absolute Gasteiger partial charge is 0.477 e. The lowest BCUT2D eigenvalue weighted by molar-refractivity contribution is 0.0685. The Morgan fingerprint density at radius 1 is 1.45 bits per heavy atom. The zero-order chi connectivity index (χ0) is 15.1. The Morgan fingerprint density at radius 3 is 2.50 bits per heavy atom. The van der Waals surface area contributed by atoms with Gasteiger partial charge in [-0.3, -0.25) is 0 Å². The Balaban J connectivity index is 2.28. The van der Waals surface area contributed by atoms with Gasteiger partial charge in [-0.15, -0.1) is 0 Å². The average Bonchev–Trinajstić information content (AvgIpc) is 3.04. The minimum absolute atomic E-state index is 0.0195. The van der Waals surface area contributed by atoms with Gasteiger partial charge in [0.25, 0.3) is 0 Å². The first kappa shape index (κ1) is 15.1. The van der Waals surface area contributed by atoms with Crippen molar-refractivity contribution in [1.82, 2.24) is 9.29 Å². The van der Waals surface area contributed by atoms with Crippen LogP contribution in [-0.2, 0) is 10.0 Å². The monoisotopic (exact) mass is 300 g/mol. The molecule has 0 spiro atoms. The van der Waals surface area contributed by atoms with Gasteiger partial charge in [0.2, 0.25) is 10.0 Å². The molecule has 6 nitrogen and oxygen atoms in total. The maximum absolute atomic E-state index is 12.2. The van der Waals surface area contributed by atoms with Gasteiger partial charge in [0, 0.05) is 18.8 Å². The number of carboxylic acid groups (broad SMARTS) is 1. The molecular formula is C13H20N2O4S. The molecule has 1 heterocycles. The van der Waals surface area contributed by atoms with Crippen LogP contribution < -0.4 is 4.72 Å².